The van der Waals surface area contributed by atoms with Crippen molar-refractivity contribution in [1.29, 1.82) is 0 Å². The standard InChI is InChI=1S/C28H44N2O24/c1-5(33)29-9-11(35)18(49-27-16(40)13(37)14(38)21(52-27)23(42)43)7(3-31)47-25(9)51-20-15(39)17(41)28(53-22(20)24(44)45)50-19-8(4-32)48-26(54-46)10(12(19)36)30-6(2)34/h7-22,25-28,31-32,35-41,46H,3-4H2,1-2H3,(H,29,33)(H,30,34)(H,42,43)(H,44,45)/t7?,8?,9?,10?,11-,12-,13+,14-,15-,16?,17?,18-,19-,20-,21?,22?,25-,26-,27+,28+/m0/s1. The maximum Gasteiger partial charge on any atom is 0.335 e. The quantitative estimate of drug-likeness (QED) is 0.0608. The third kappa shape index (κ3) is 9.23. The summed E-state index contributed by atoms with van der Waals surface area (Å²) >= 11 is 0. The minimum absolute atomic E-state index is 0.736. The first-order valence-corrected chi connectivity index (χ1v) is 16.2. The number of aliphatic hydroxyl groups is 9. The van der Waals surface area contributed by atoms with Crippen LogP contribution in [-0.4, -0.2) is 221 Å². The predicted molar refractivity (Wildman–Crippen MR) is 160 cm³/mol. The number of amides is 2. The van der Waals surface area contributed by atoms with E-state index in [9.17, 15) is 80.6 Å². The van der Waals surface area contributed by atoms with Crippen LogP contribution in [0.2, 0.25) is 0 Å². The van der Waals surface area contributed by atoms with Gasteiger partial charge in [0.2, 0.25) is 18.1 Å². The van der Waals surface area contributed by atoms with Crippen molar-refractivity contribution >= 4 is 23.8 Å². The Balaban J connectivity index is 1.56. The van der Waals surface area contributed by atoms with Gasteiger partial charge in [-0.2, -0.15) is 0 Å². The highest BCUT2D eigenvalue weighted by Gasteiger charge is 2.57. The van der Waals surface area contributed by atoms with Crippen LogP contribution in [0.15, 0.2) is 0 Å². The third-order valence-electron chi connectivity index (χ3n) is 9.02. The first-order valence-electron chi connectivity index (χ1n) is 16.2. The Kier molecular flexibility index (Phi) is 15.0. The molecule has 0 radical (unpaired) electrons. The molecule has 26 nitrogen and oxygen atoms in total. The number of carboxylic acid groups (broad SMARTS) is 2. The van der Waals surface area contributed by atoms with Crippen molar-refractivity contribution in [3.63, 3.8) is 0 Å². The average molecular weight is 793 g/mol. The van der Waals surface area contributed by atoms with Gasteiger partial charge in [-0.15, -0.1) is 0 Å². The summed E-state index contributed by atoms with van der Waals surface area (Å²) in [6.07, 6.45) is -36.2. The van der Waals surface area contributed by atoms with Gasteiger partial charge >= 0.3 is 11.9 Å². The molecule has 0 aromatic rings. The summed E-state index contributed by atoms with van der Waals surface area (Å²) in [4.78, 5) is 52.0. The Hall–Kier alpha value is -2.84. The van der Waals surface area contributed by atoms with Crippen LogP contribution >= 0.6 is 0 Å². The molecular weight excluding hydrogens is 748 g/mol. The lowest BCUT2D eigenvalue weighted by atomic mass is 9.94. The molecule has 4 rings (SSSR count). The maximum atomic E-state index is 12.4. The predicted octanol–water partition coefficient (Wildman–Crippen LogP) is -8.78. The van der Waals surface area contributed by atoms with Gasteiger partial charge in [-0.25, -0.2) is 19.7 Å². The first kappa shape index (κ1) is 43.9. The molecular formula is C28H44N2O24. The Morgan fingerprint density at radius 1 is 0.519 bits per heavy atom. The van der Waals surface area contributed by atoms with Crippen LogP contribution < -0.4 is 10.6 Å². The molecule has 4 fully saturated rings. The van der Waals surface area contributed by atoms with Gasteiger partial charge in [0.25, 0.3) is 0 Å². The fourth-order valence-electron chi connectivity index (χ4n) is 6.38. The number of carbonyl (C=O) groups is 4. The summed E-state index contributed by atoms with van der Waals surface area (Å²) in [7, 11) is 0. The molecule has 0 aliphatic carbocycles. The van der Waals surface area contributed by atoms with E-state index >= 15 is 0 Å². The zero-order valence-corrected chi connectivity index (χ0v) is 28.2. The fourth-order valence-corrected chi connectivity index (χ4v) is 6.38. The fraction of sp³-hybridized carbons (Fsp3) is 0.857. The van der Waals surface area contributed by atoms with Gasteiger partial charge in [0.15, 0.2) is 31.1 Å². The first-order chi connectivity index (χ1) is 25.4. The van der Waals surface area contributed by atoms with Crippen molar-refractivity contribution in [2.24, 2.45) is 0 Å². The SMILES string of the molecule is CC(=O)NC1[C@H](O[C@@H]2C(C(=O)O)O[C@@H](O[C@H]3C(CO)O[C@@H](OO)C(NC(C)=O)[C@@H]3O)C(O)[C@@H]2O)OC(CO)[C@H](O[C@@H]2OC(C(=O)O)[C@@H](O)[C@@H](O)C2O)[C@H]1O. The van der Waals surface area contributed by atoms with Crippen molar-refractivity contribution in [3.8, 4) is 0 Å². The van der Waals surface area contributed by atoms with Gasteiger partial charge in [-0.05, 0) is 0 Å². The lowest BCUT2D eigenvalue weighted by molar-refractivity contribution is -0.403. The number of hydrogen-bond acceptors (Lipinski definition) is 22. The summed E-state index contributed by atoms with van der Waals surface area (Å²) in [6, 6.07) is -3.34. The Morgan fingerprint density at radius 2 is 0.926 bits per heavy atom. The molecule has 0 aromatic heterocycles. The summed E-state index contributed by atoms with van der Waals surface area (Å²) in [5, 5.41) is 128. The molecule has 0 aromatic carbocycles. The molecule has 4 aliphatic heterocycles. The zero-order chi connectivity index (χ0) is 40.3. The van der Waals surface area contributed by atoms with Gasteiger partial charge in [-0.3, -0.25) is 9.59 Å². The van der Waals surface area contributed by atoms with Crippen molar-refractivity contribution in [3.05, 3.63) is 0 Å². The van der Waals surface area contributed by atoms with E-state index < -0.39 is 160 Å². The highest BCUT2D eigenvalue weighted by Crippen LogP contribution is 2.34. The summed E-state index contributed by atoms with van der Waals surface area (Å²) in [5.41, 5.74) is 0. The number of rotatable bonds is 13. The number of ether oxygens (including phenoxy) is 7. The molecule has 4 aliphatic rings. The molecule has 14 N–H and O–H groups in total. The number of aliphatic carboxylic acids is 2. The van der Waals surface area contributed by atoms with Gasteiger partial charge < -0.3 is 100.0 Å². The molecule has 54 heavy (non-hydrogen) atoms. The van der Waals surface area contributed by atoms with Crippen LogP contribution in [-0.2, 0) is 57.2 Å². The van der Waals surface area contributed by atoms with Gasteiger partial charge in [0, 0.05) is 13.8 Å². The minimum atomic E-state index is -2.29. The van der Waals surface area contributed by atoms with Crippen molar-refractivity contribution in [2.75, 3.05) is 13.2 Å². The average Bonchev–Trinajstić information content (AvgIpc) is 3.11. The van der Waals surface area contributed by atoms with E-state index in [-0.39, 0.29) is 0 Å². The molecule has 4 heterocycles. The Bertz CT molecular complexity index is 1310. The molecule has 26 heteroatoms. The van der Waals surface area contributed by atoms with E-state index in [0.29, 0.717) is 0 Å². The van der Waals surface area contributed by atoms with Crippen molar-refractivity contribution in [2.45, 2.75) is 137 Å². The lowest BCUT2D eigenvalue weighted by Gasteiger charge is -2.49. The minimum Gasteiger partial charge on any atom is -0.479 e. The molecule has 2 amide bonds. The van der Waals surface area contributed by atoms with Gasteiger partial charge in [0.1, 0.15) is 85.3 Å². The van der Waals surface area contributed by atoms with Crippen LogP contribution in [0.5, 0.6) is 0 Å². The number of aliphatic hydroxyl groups excluding tert-OH is 9. The highest BCUT2D eigenvalue weighted by atomic mass is 17.1. The zero-order valence-electron chi connectivity index (χ0n) is 28.2. The van der Waals surface area contributed by atoms with E-state index in [2.05, 4.69) is 15.5 Å². The Labute approximate surface area is 303 Å². The maximum absolute atomic E-state index is 12.4. The van der Waals surface area contributed by atoms with Gasteiger partial charge in [-0.1, -0.05) is 0 Å². The number of carboxylic acids is 2. The van der Waals surface area contributed by atoms with E-state index in [4.69, 9.17) is 33.2 Å². The number of nitrogens with one attached hydrogen (secondary N) is 2. The summed E-state index contributed by atoms with van der Waals surface area (Å²) < 4.78 is 38.1. The van der Waals surface area contributed by atoms with E-state index in [0.717, 1.165) is 13.8 Å². The second-order valence-corrected chi connectivity index (χ2v) is 12.8. The second-order valence-electron chi connectivity index (χ2n) is 12.8. The molecule has 0 spiro atoms. The van der Waals surface area contributed by atoms with Gasteiger partial charge in [0.05, 0.1) is 13.2 Å². The van der Waals surface area contributed by atoms with E-state index in [1.165, 1.54) is 0 Å². The third-order valence-corrected chi connectivity index (χ3v) is 9.02. The highest BCUT2D eigenvalue weighted by molar-refractivity contribution is 5.74. The monoisotopic (exact) mass is 792 g/mol. The largest absolute Gasteiger partial charge is 0.479 e. The summed E-state index contributed by atoms with van der Waals surface area (Å²) in [5.74, 6) is -5.22. The second kappa shape index (κ2) is 18.4. The van der Waals surface area contributed by atoms with Crippen LogP contribution in [0.25, 0.3) is 0 Å². The molecule has 20 atom stereocenters. The summed E-state index contributed by atoms with van der Waals surface area (Å²) in [6.45, 7) is 0.0431. The van der Waals surface area contributed by atoms with Crippen LogP contribution in [0.4, 0.5) is 0 Å². The van der Waals surface area contributed by atoms with Crippen LogP contribution in [0.1, 0.15) is 13.8 Å². The molecule has 4 saturated heterocycles. The van der Waals surface area contributed by atoms with Crippen molar-refractivity contribution < 1.29 is 119 Å². The normalized spacial score (nSPS) is 45.6. The van der Waals surface area contributed by atoms with E-state index in [1.54, 1.807) is 0 Å². The van der Waals surface area contributed by atoms with E-state index in [1.807, 2.05) is 0 Å². The molecule has 0 saturated carbocycles. The number of carbonyl (C=O) groups excluding carboxylic acids is 2. The smallest absolute Gasteiger partial charge is 0.335 e. The van der Waals surface area contributed by atoms with Crippen LogP contribution in [0, 0.1) is 0 Å². The number of hydrogen-bond donors (Lipinski definition) is 14. The lowest BCUT2D eigenvalue weighted by Crippen LogP contribution is -2.70. The Morgan fingerprint density at radius 3 is 1.35 bits per heavy atom. The van der Waals surface area contributed by atoms with Crippen LogP contribution in [0.3, 0.4) is 0 Å². The topological polar surface area (TPSA) is 409 Å². The molecule has 8 unspecified atom stereocenters. The molecule has 0 bridgehead atoms. The molecule has 310 valence electrons. The van der Waals surface area contributed by atoms with Crippen molar-refractivity contribution in [1.82, 2.24) is 10.6 Å².